The fourth-order valence-corrected chi connectivity index (χ4v) is 2.43. The molecule has 0 bridgehead atoms. The maximum atomic E-state index is 12.1. The first-order valence-corrected chi connectivity index (χ1v) is 7.96. The van der Waals surface area contributed by atoms with Crippen molar-refractivity contribution in [3.8, 4) is 0 Å². The minimum atomic E-state index is -1.24. The molecule has 1 atom stereocenters. The number of amides is 1. The maximum Gasteiger partial charge on any atom is 0.349 e. The van der Waals surface area contributed by atoms with Gasteiger partial charge in [-0.3, -0.25) is 9.59 Å². The molecule has 134 valence electrons. The largest absolute Gasteiger partial charge is 0.480 e. The SMILES string of the molecule is CCN(CC)c1ccc2cc(C(=O)NC[C@H](N)C(=O)O)c(=O)oc2c1. The molecule has 0 fully saturated rings. The van der Waals surface area contributed by atoms with E-state index in [2.05, 4.69) is 10.2 Å². The monoisotopic (exact) mass is 347 g/mol. The summed E-state index contributed by atoms with van der Waals surface area (Å²) >= 11 is 0. The highest BCUT2D eigenvalue weighted by Gasteiger charge is 2.17. The Kier molecular flexibility index (Phi) is 5.76. The van der Waals surface area contributed by atoms with Crippen LogP contribution >= 0.6 is 0 Å². The molecule has 0 aliphatic carbocycles. The van der Waals surface area contributed by atoms with Crippen LogP contribution in [-0.4, -0.2) is 42.7 Å². The first kappa shape index (κ1) is 18.5. The highest BCUT2D eigenvalue weighted by atomic mass is 16.4. The molecule has 1 aromatic carbocycles. The molecule has 1 heterocycles. The number of hydrogen-bond donors (Lipinski definition) is 3. The van der Waals surface area contributed by atoms with E-state index in [0.717, 1.165) is 18.8 Å². The van der Waals surface area contributed by atoms with Crippen molar-refractivity contribution in [2.75, 3.05) is 24.5 Å². The summed E-state index contributed by atoms with van der Waals surface area (Å²) in [5.41, 5.74) is 5.65. The van der Waals surface area contributed by atoms with E-state index >= 15 is 0 Å². The summed E-state index contributed by atoms with van der Waals surface area (Å²) in [6.45, 7) is 5.40. The summed E-state index contributed by atoms with van der Waals surface area (Å²) < 4.78 is 5.26. The second kappa shape index (κ2) is 7.80. The van der Waals surface area contributed by atoms with Gasteiger partial charge in [0.25, 0.3) is 5.91 Å². The molecule has 1 amide bonds. The summed E-state index contributed by atoms with van der Waals surface area (Å²) in [6, 6.07) is 5.59. The summed E-state index contributed by atoms with van der Waals surface area (Å²) in [5, 5.41) is 11.6. The van der Waals surface area contributed by atoms with Gasteiger partial charge in [0.1, 0.15) is 17.2 Å². The van der Waals surface area contributed by atoms with Crippen molar-refractivity contribution in [3.05, 3.63) is 40.2 Å². The Labute approximate surface area is 144 Å². The van der Waals surface area contributed by atoms with Gasteiger partial charge < -0.3 is 25.5 Å². The average molecular weight is 347 g/mol. The van der Waals surface area contributed by atoms with Gasteiger partial charge >= 0.3 is 11.6 Å². The lowest BCUT2D eigenvalue weighted by Crippen LogP contribution is -2.43. The van der Waals surface area contributed by atoms with Crippen molar-refractivity contribution in [1.29, 1.82) is 0 Å². The van der Waals surface area contributed by atoms with Crippen LogP contribution in [0, 0.1) is 0 Å². The molecule has 0 aliphatic rings. The number of aliphatic carboxylic acids is 1. The van der Waals surface area contributed by atoms with Gasteiger partial charge in [-0.2, -0.15) is 0 Å². The standard InChI is InChI=1S/C17H21N3O5/c1-3-20(4-2)11-6-5-10-7-12(17(24)25-14(10)8-11)15(21)19-9-13(18)16(22)23/h5-8,13H,3-4,9,18H2,1-2H3,(H,19,21)(H,22,23)/t13-/m0/s1. The Morgan fingerprint density at radius 1 is 1.28 bits per heavy atom. The molecule has 8 nitrogen and oxygen atoms in total. The lowest BCUT2D eigenvalue weighted by Gasteiger charge is -2.21. The van der Waals surface area contributed by atoms with Crippen LogP contribution in [0.1, 0.15) is 24.2 Å². The van der Waals surface area contributed by atoms with Crippen LogP contribution in [-0.2, 0) is 4.79 Å². The zero-order valence-corrected chi connectivity index (χ0v) is 14.1. The van der Waals surface area contributed by atoms with Crippen molar-refractivity contribution >= 4 is 28.5 Å². The second-order valence-corrected chi connectivity index (χ2v) is 5.50. The molecule has 4 N–H and O–H groups in total. The average Bonchev–Trinajstić information content (AvgIpc) is 2.59. The first-order valence-electron chi connectivity index (χ1n) is 7.96. The molecule has 0 radical (unpaired) electrons. The molecule has 2 aromatic rings. The van der Waals surface area contributed by atoms with Crippen molar-refractivity contribution < 1.29 is 19.1 Å². The Morgan fingerprint density at radius 2 is 1.96 bits per heavy atom. The molecule has 0 spiro atoms. The molecule has 8 heteroatoms. The Morgan fingerprint density at radius 3 is 2.56 bits per heavy atom. The number of rotatable bonds is 7. The number of hydrogen-bond acceptors (Lipinski definition) is 6. The number of carboxylic acid groups (broad SMARTS) is 1. The number of carbonyl (C=O) groups excluding carboxylic acids is 1. The van der Waals surface area contributed by atoms with E-state index in [4.69, 9.17) is 15.3 Å². The van der Waals surface area contributed by atoms with Crippen LogP contribution in [0.3, 0.4) is 0 Å². The molecular formula is C17H21N3O5. The Bertz CT molecular complexity index is 842. The third-order valence-corrected chi connectivity index (χ3v) is 3.89. The van der Waals surface area contributed by atoms with E-state index in [9.17, 15) is 14.4 Å². The number of anilines is 1. The summed E-state index contributed by atoms with van der Waals surface area (Å²) in [6.07, 6.45) is 0. The van der Waals surface area contributed by atoms with Crippen LogP contribution in [0.15, 0.2) is 33.5 Å². The maximum absolute atomic E-state index is 12.1. The fraction of sp³-hybridized carbons (Fsp3) is 0.353. The molecule has 0 saturated heterocycles. The smallest absolute Gasteiger partial charge is 0.349 e. The predicted molar refractivity (Wildman–Crippen MR) is 94.0 cm³/mol. The number of nitrogens with one attached hydrogen (secondary N) is 1. The molecule has 2 rings (SSSR count). The van der Waals surface area contributed by atoms with Gasteiger partial charge in [-0.1, -0.05) is 0 Å². The van der Waals surface area contributed by atoms with Crippen molar-refractivity contribution in [2.24, 2.45) is 5.73 Å². The van der Waals surface area contributed by atoms with Crippen LogP contribution in [0.4, 0.5) is 5.69 Å². The van der Waals surface area contributed by atoms with Gasteiger partial charge in [0.2, 0.25) is 0 Å². The molecule has 0 aliphatic heterocycles. The number of carboxylic acids is 1. The van der Waals surface area contributed by atoms with Crippen LogP contribution in [0.2, 0.25) is 0 Å². The van der Waals surface area contributed by atoms with E-state index in [1.165, 1.54) is 6.07 Å². The highest BCUT2D eigenvalue weighted by molar-refractivity contribution is 5.97. The van der Waals surface area contributed by atoms with E-state index in [-0.39, 0.29) is 12.1 Å². The van der Waals surface area contributed by atoms with Crippen molar-refractivity contribution in [1.82, 2.24) is 5.32 Å². The van der Waals surface area contributed by atoms with Crippen molar-refractivity contribution in [3.63, 3.8) is 0 Å². The highest BCUT2D eigenvalue weighted by Crippen LogP contribution is 2.21. The van der Waals surface area contributed by atoms with E-state index in [1.807, 2.05) is 19.9 Å². The van der Waals surface area contributed by atoms with Gasteiger partial charge in [-0.25, -0.2) is 4.79 Å². The third-order valence-electron chi connectivity index (χ3n) is 3.89. The first-order chi connectivity index (χ1) is 11.9. The second-order valence-electron chi connectivity index (χ2n) is 5.50. The summed E-state index contributed by atoms with van der Waals surface area (Å²) in [7, 11) is 0. The van der Waals surface area contributed by atoms with E-state index < -0.39 is 23.5 Å². The van der Waals surface area contributed by atoms with Crippen LogP contribution < -0.4 is 21.6 Å². The number of carbonyl (C=O) groups is 2. The quantitative estimate of drug-likeness (QED) is 0.632. The van der Waals surface area contributed by atoms with Crippen LogP contribution in [0.5, 0.6) is 0 Å². The van der Waals surface area contributed by atoms with Gasteiger partial charge in [-0.15, -0.1) is 0 Å². The number of fused-ring (bicyclic) bond motifs is 1. The molecular weight excluding hydrogens is 326 g/mol. The molecule has 0 unspecified atom stereocenters. The zero-order valence-electron chi connectivity index (χ0n) is 14.1. The Balaban J connectivity index is 2.30. The number of nitrogens with two attached hydrogens (primary N) is 1. The fourth-order valence-electron chi connectivity index (χ4n) is 2.43. The summed E-state index contributed by atoms with van der Waals surface area (Å²) in [5.74, 6) is -1.96. The molecule has 1 aromatic heterocycles. The lowest BCUT2D eigenvalue weighted by atomic mass is 10.1. The van der Waals surface area contributed by atoms with Crippen molar-refractivity contribution in [2.45, 2.75) is 19.9 Å². The normalized spacial score (nSPS) is 12.0. The van der Waals surface area contributed by atoms with Gasteiger partial charge in [0, 0.05) is 36.8 Å². The molecule has 25 heavy (non-hydrogen) atoms. The minimum absolute atomic E-state index is 0.194. The van der Waals surface area contributed by atoms with E-state index in [0.29, 0.717) is 11.0 Å². The number of benzene rings is 1. The lowest BCUT2D eigenvalue weighted by molar-refractivity contribution is -0.138. The molecule has 0 saturated carbocycles. The topological polar surface area (TPSA) is 126 Å². The summed E-state index contributed by atoms with van der Waals surface area (Å²) in [4.78, 5) is 36.9. The van der Waals surface area contributed by atoms with Crippen LogP contribution in [0.25, 0.3) is 11.0 Å². The van der Waals surface area contributed by atoms with Gasteiger partial charge in [0.05, 0.1) is 0 Å². The van der Waals surface area contributed by atoms with Gasteiger partial charge in [0.15, 0.2) is 0 Å². The third kappa shape index (κ3) is 4.16. The number of nitrogens with zero attached hydrogens (tertiary/aromatic N) is 1. The van der Waals surface area contributed by atoms with Gasteiger partial charge in [-0.05, 0) is 32.0 Å². The zero-order chi connectivity index (χ0) is 18.6. The minimum Gasteiger partial charge on any atom is -0.480 e. The van der Waals surface area contributed by atoms with E-state index in [1.54, 1.807) is 12.1 Å². The predicted octanol–water partition coefficient (Wildman–Crippen LogP) is 0.781. The Hall–Kier alpha value is -2.87.